The van der Waals surface area contributed by atoms with E-state index in [1.54, 1.807) is 0 Å². The first-order valence-electron chi connectivity index (χ1n) is 3.58. The Bertz CT molecular complexity index is 386. The number of nitrogen functional groups attached to an aromatic ring is 1. The summed E-state index contributed by atoms with van der Waals surface area (Å²) in [5, 5.41) is 7.54. The van der Waals surface area contributed by atoms with Gasteiger partial charge in [-0.2, -0.15) is 12.6 Å². The van der Waals surface area contributed by atoms with Gasteiger partial charge in [-0.1, -0.05) is 11.6 Å². The van der Waals surface area contributed by atoms with Crippen molar-refractivity contribution in [3.8, 4) is 0 Å². The zero-order valence-electron chi connectivity index (χ0n) is 6.87. The maximum absolute atomic E-state index is 12.8. The number of benzene rings is 1. The van der Waals surface area contributed by atoms with Gasteiger partial charge in [-0.05, 0) is 17.7 Å². The molecule has 0 aromatic heterocycles. The number of nitrogens with two attached hydrogens (primary N) is 1. The van der Waals surface area contributed by atoms with Crippen molar-refractivity contribution in [2.75, 3.05) is 5.73 Å². The van der Waals surface area contributed by atoms with Gasteiger partial charge in [0.05, 0.1) is 5.69 Å². The second kappa shape index (κ2) is 4.06. The number of aliphatic carboxylic acids is 1. The fraction of sp³-hybridized carbons (Fsp3) is 0.125. The quantitative estimate of drug-likeness (QED) is 0.544. The summed E-state index contributed by atoms with van der Waals surface area (Å²) in [5.41, 5.74) is 5.30. The topological polar surface area (TPSA) is 63.3 Å². The van der Waals surface area contributed by atoms with Gasteiger partial charge in [0.2, 0.25) is 0 Å². The van der Waals surface area contributed by atoms with Crippen molar-refractivity contribution in [3.63, 3.8) is 0 Å². The molecule has 0 amide bonds. The van der Waals surface area contributed by atoms with Crippen LogP contribution in [-0.2, 0) is 4.79 Å². The van der Waals surface area contributed by atoms with E-state index in [4.69, 9.17) is 22.4 Å². The van der Waals surface area contributed by atoms with Crippen molar-refractivity contribution in [1.29, 1.82) is 0 Å². The van der Waals surface area contributed by atoms with Crippen LogP contribution in [0.1, 0.15) is 10.8 Å². The number of carboxylic acids is 1. The number of carboxylic acid groups (broad SMARTS) is 1. The van der Waals surface area contributed by atoms with E-state index in [1.807, 2.05) is 0 Å². The summed E-state index contributed by atoms with van der Waals surface area (Å²) in [5.74, 6) is -1.84. The summed E-state index contributed by atoms with van der Waals surface area (Å²) in [4.78, 5) is 10.6. The number of rotatable bonds is 2. The van der Waals surface area contributed by atoms with Gasteiger partial charge in [-0.25, -0.2) is 4.39 Å². The van der Waals surface area contributed by atoms with Crippen LogP contribution >= 0.6 is 24.2 Å². The van der Waals surface area contributed by atoms with E-state index in [0.29, 0.717) is 0 Å². The zero-order chi connectivity index (χ0) is 10.9. The van der Waals surface area contributed by atoms with Crippen LogP contribution in [0.5, 0.6) is 0 Å². The van der Waals surface area contributed by atoms with E-state index >= 15 is 0 Å². The van der Waals surface area contributed by atoms with Gasteiger partial charge < -0.3 is 10.8 Å². The Labute approximate surface area is 90.1 Å². The van der Waals surface area contributed by atoms with Crippen LogP contribution < -0.4 is 5.73 Å². The van der Waals surface area contributed by atoms with Crippen LogP contribution in [0.25, 0.3) is 0 Å². The molecule has 1 aromatic rings. The number of anilines is 1. The van der Waals surface area contributed by atoms with Gasteiger partial charge in [-0.3, -0.25) is 4.79 Å². The largest absolute Gasteiger partial charge is 0.480 e. The highest BCUT2D eigenvalue weighted by Gasteiger charge is 2.19. The molecule has 1 rings (SSSR count). The second-order valence-electron chi connectivity index (χ2n) is 2.64. The molecule has 0 saturated heterocycles. The summed E-state index contributed by atoms with van der Waals surface area (Å²) in [6.07, 6.45) is 0. The monoisotopic (exact) mass is 235 g/mol. The highest BCUT2D eigenvalue weighted by molar-refractivity contribution is 7.81. The number of hydrogen-bond donors (Lipinski definition) is 3. The lowest BCUT2D eigenvalue weighted by Gasteiger charge is -2.09. The molecular weight excluding hydrogens is 229 g/mol. The standard InChI is InChI=1S/C8H7ClFNO2S/c9-4-2-5(10)6(11)1-3(4)7(14)8(12)13/h1-2,7,14H,11H2,(H,12,13). The summed E-state index contributed by atoms with van der Waals surface area (Å²) in [6, 6.07) is 2.14. The van der Waals surface area contributed by atoms with E-state index in [1.165, 1.54) is 6.07 Å². The molecule has 76 valence electrons. The summed E-state index contributed by atoms with van der Waals surface area (Å²) in [7, 11) is 0. The second-order valence-corrected chi connectivity index (χ2v) is 3.56. The Morgan fingerprint density at radius 1 is 1.64 bits per heavy atom. The van der Waals surface area contributed by atoms with Crippen LogP contribution in [0, 0.1) is 5.82 Å². The Hall–Kier alpha value is -0.940. The normalized spacial score (nSPS) is 12.5. The summed E-state index contributed by atoms with van der Waals surface area (Å²) in [6.45, 7) is 0. The lowest BCUT2D eigenvalue weighted by molar-refractivity contribution is -0.136. The molecule has 0 bridgehead atoms. The lowest BCUT2D eigenvalue weighted by atomic mass is 10.1. The molecule has 1 aromatic carbocycles. The number of thiol groups is 1. The van der Waals surface area contributed by atoms with Crippen molar-refractivity contribution >= 4 is 35.9 Å². The molecule has 6 heteroatoms. The fourth-order valence-electron chi connectivity index (χ4n) is 0.926. The van der Waals surface area contributed by atoms with Crippen LogP contribution in [0.2, 0.25) is 5.02 Å². The highest BCUT2D eigenvalue weighted by atomic mass is 35.5. The molecule has 0 saturated carbocycles. The summed E-state index contributed by atoms with van der Waals surface area (Å²) >= 11 is 9.44. The number of carbonyl (C=O) groups is 1. The lowest BCUT2D eigenvalue weighted by Crippen LogP contribution is -2.07. The number of hydrogen-bond acceptors (Lipinski definition) is 3. The van der Waals surface area contributed by atoms with E-state index < -0.39 is 17.0 Å². The van der Waals surface area contributed by atoms with E-state index in [9.17, 15) is 9.18 Å². The third-order valence-electron chi connectivity index (χ3n) is 1.64. The van der Waals surface area contributed by atoms with Crippen LogP contribution in [-0.4, -0.2) is 11.1 Å². The highest BCUT2D eigenvalue weighted by Crippen LogP contribution is 2.30. The number of halogens is 2. The summed E-state index contributed by atoms with van der Waals surface area (Å²) < 4.78 is 12.8. The average molecular weight is 236 g/mol. The fourth-order valence-corrected chi connectivity index (χ4v) is 1.48. The maximum atomic E-state index is 12.8. The molecule has 0 heterocycles. The van der Waals surface area contributed by atoms with Gasteiger partial charge in [0.25, 0.3) is 0 Å². The van der Waals surface area contributed by atoms with Crippen molar-refractivity contribution in [1.82, 2.24) is 0 Å². The zero-order valence-corrected chi connectivity index (χ0v) is 8.52. The van der Waals surface area contributed by atoms with Gasteiger partial charge in [0, 0.05) is 5.02 Å². The SMILES string of the molecule is Nc1cc(C(S)C(=O)O)c(Cl)cc1F. The molecule has 3 nitrogen and oxygen atoms in total. The molecule has 0 fully saturated rings. The van der Waals surface area contributed by atoms with Gasteiger partial charge in [0.1, 0.15) is 11.1 Å². The molecular formula is C8H7ClFNO2S. The van der Waals surface area contributed by atoms with Crippen molar-refractivity contribution in [2.45, 2.75) is 5.25 Å². The van der Waals surface area contributed by atoms with Crippen LogP contribution in [0.4, 0.5) is 10.1 Å². The first kappa shape index (κ1) is 11.1. The predicted octanol–water partition coefficient (Wildman–Crippen LogP) is 2.12. The molecule has 0 spiro atoms. The first-order chi connectivity index (χ1) is 6.43. The molecule has 0 radical (unpaired) electrons. The van der Waals surface area contributed by atoms with Gasteiger partial charge in [0.15, 0.2) is 0 Å². The molecule has 0 aliphatic heterocycles. The van der Waals surface area contributed by atoms with E-state index in [0.717, 1.165) is 6.07 Å². The molecule has 1 atom stereocenters. The molecule has 14 heavy (non-hydrogen) atoms. The van der Waals surface area contributed by atoms with Gasteiger partial charge >= 0.3 is 5.97 Å². The van der Waals surface area contributed by atoms with Gasteiger partial charge in [-0.15, -0.1) is 0 Å². The van der Waals surface area contributed by atoms with Crippen LogP contribution in [0.3, 0.4) is 0 Å². The Morgan fingerprint density at radius 3 is 2.71 bits per heavy atom. The van der Waals surface area contributed by atoms with E-state index in [2.05, 4.69) is 12.6 Å². The van der Waals surface area contributed by atoms with E-state index in [-0.39, 0.29) is 16.3 Å². The van der Waals surface area contributed by atoms with Crippen LogP contribution in [0.15, 0.2) is 12.1 Å². The minimum absolute atomic E-state index is 0.000833. The first-order valence-corrected chi connectivity index (χ1v) is 4.48. The predicted molar refractivity (Wildman–Crippen MR) is 55.2 cm³/mol. The minimum atomic E-state index is -1.17. The Kier molecular flexibility index (Phi) is 3.23. The third-order valence-corrected chi connectivity index (χ3v) is 2.47. The molecule has 0 aliphatic rings. The maximum Gasteiger partial charge on any atom is 0.320 e. The molecule has 0 aliphatic carbocycles. The Morgan fingerprint density at radius 2 is 2.21 bits per heavy atom. The smallest absolute Gasteiger partial charge is 0.320 e. The van der Waals surface area contributed by atoms with Crippen molar-refractivity contribution in [3.05, 3.63) is 28.5 Å². The molecule has 3 N–H and O–H groups in total. The molecule has 1 unspecified atom stereocenters. The van der Waals surface area contributed by atoms with Crippen molar-refractivity contribution < 1.29 is 14.3 Å². The average Bonchev–Trinajstić information content (AvgIpc) is 2.10. The third kappa shape index (κ3) is 2.10. The Balaban J connectivity index is 3.22. The van der Waals surface area contributed by atoms with Crippen molar-refractivity contribution in [2.24, 2.45) is 0 Å². The minimum Gasteiger partial charge on any atom is -0.480 e.